The number of methoxy groups -OCH3 is 1. The van der Waals surface area contributed by atoms with Crippen LogP contribution in [0, 0.1) is 6.92 Å². The predicted octanol–water partition coefficient (Wildman–Crippen LogP) is 2.50. The van der Waals surface area contributed by atoms with Crippen molar-refractivity contribution in [1.82, 2.24) is 4.98 Å². The molecule has 1 aromatic rings. The number of H-pyrrole nitrogens is 1. The monoisotopic (exact) mass is 163 g/mol. The molecular weight excluding hydrogens is 150 g/mol. The summed E-state index contributed by atoms with van der Waals surface area (Å²) in [4.78, 5) is 3.09. The van der Waals surface area contributed by atoms with E-state index in [9.17, 15) is 0 Å². The van der Waals surface area contributed by atoms with Gasteiger partial charge in [-0.05, 0) is 19.1 Å². The van der Waals surface area contributed by atoms with E-state index in [4.69, 9.17) is 4.74 Å². The maximum atomic E-state index is 5.19. The number of allylic oxidation sites excluding steroid dienone is 2. The van der Waals surface area contributed by atoms with Crippen LogP contribution in [0.25, 0.3) is 5.76 Å². The zero-order valence-corrected chi connectivity index (χ0v) is 7.42. The molecule has 1 N–H and O–H groups in total. The molecule has 0 fully saturated rings. The largest absolute Gasteiger partial charge is 0.496 e. The zero-order valence-electron chi connectivity index (χ0n) is 7.42. The molecule has 1 heterocycles. The highest BCUT2D eigenvalue weighted by atomic mass is 16.5. The van der Waals surface area contributed by atoms with Crippen LogP contribution in [0.5, 0.6) is 0 Å². The molecule has 0 aliphatic carbocycles. The van der Waals surface area contributed by atoms with E-state index >= 15 is 0 Å². The number of aromatic nitrogens is 1. The minimum absolute atomic E-state index is 0.837. The Balaban J connectivity index is 3.02. The first-order valence-corrected chi connectivity index (χ1v) is 3.80. The second-order valence-corrected chi connectivity index (χ2v) is 2.49. The Morgan fingerprint density at radius 3 is 2.83 bits per heavy atom. The van der Waals surface area contributed by atoms with Gasteiger partial charge in [0.1, 0.15) is 5.76 Å². The lowest BCUT2D eigenvalue weighted by Gasteiger charge is -2.03. The summed E-state index contributed by atoms with van der Waals surface area (Å²) in [6.45, 7) is 5.63. The van der Waals surface area contributed by atoms with E-state index in [1.165, 1.54) is 0 Å². The first-order chi connectivity index (χ1) is 5.79. The fraction of sp³-hybridized carbons (Fsp3) is 0.200. The Morgan fingerprint density at radius 2 is 2.42 bits per heavy atom. The molecule has 0 aliphatic heterocycles. The van der Waals surface area contributed by atoms with Gasteiger partial charge in [-0.1, -0.05) is 12.7 Å². The predicted molar refractivity (Wildman–Crippen MR) is 50.7 cm³/mol. The van der Waals surface area contributed by atoms with Gasteiger partial charge in [0, 0.05) is 17.5 Å². The molecule has 1 rings (SSSR count). The molecule has 64 valence electrons. The molecule has 2 heteroatoms. The molecule has 0 unspecified atom stereocenters. The Morgan fingerprint density at radius 1 is 1.67 bits per heavy atom. The van der Waals surface area contributed by atoms with Crippen molar-refractivity contribution in [2.45, 2.75) is 6.92 Å². The van der Waals surface area contributed by atoms with Crippen LogP contribution < -0.4 is 0 Å². The minimum Gasteiger partial charge on any atom is -0.496 e. The van der Waals surface area contributed by atoms with Crippen molar-refractivity contribution in [2.24, 2.45) is 0 Å². The fourth-order valence-corrected chi connectivity index (χ4v) is 1.09. The summed E-state index contributed by atoms with van der Waals surface area (Å²) in [5.74, 6) is 0.837. The van der Waals surface area contributed by atoms with E-state index in [0.29, 0.717) is 0 Å². The summed E-state index contributed by atoms with van der Waals surface area (Å²) in [7, 11) is 1.65. The fourth-order valence-electron chi connectivity index (χ4n) is 1.09. The Labute approximate surface area is 72.6 Å². The zero-order chi connectivity index (χ0) is 8.97. The highest BCUT2D eigenvalue weighted by Crippen LogP contribution is 2.17. The smallest absolute Gasteiger partial charge is 0.127 e. The molecule has 0 aromatic carbocycles. The molecule has 0 aliphatic rings. The first-order valence-electron chi connectivity index (χ1n) is 3.80. The number of nitrogens with one attached hydrogen (secondary N) is 1. The van der Waals surface area contributed by atoms with Gasteiger partial charge in [-0.2, -0.15) is 0 Å². The van der Waals surface area contributed by atoms with Crippen LogP contribution in [0.3, 0.4) is 0 Å². The summed E-state index contributed by atoms with van der Waals surface area (Å²) >= 11 is 0. The van der Waals surface area contributed by atoms with Crippen molar-refractivity contribution in [1.29, 1.82) is 0 Å². The molecule has 2 nitrogen and oxygen atoms in total. The van der Waals surface area contributed by atoms with Crippen molar-refractivity contribution in [3.8, 4) is 0 Å². The van der Waals surface area contributed by atoms with Gasteiger partial charge in [-0.15, -0.1) is 0 Å². The highest BCUT2D eigenvalue weighted by molar-refractivity contribution is 5.63. The third-order valence-corrected chi connectivity index (χ3v) is 1.71. The summed E-state index contributed by atoms with van der Waals surface area (Å²) in [6.07, 6.45) is 5.45. The molecular formula is C10H13NO. The molecule has 0 atom stereocenters. The first kappa shape index (κ1) is 8.65. The SMILES string of the molecule is C=C/C=C(/OC)c1cc[nH]c1C. The summed E-state index contributed by atoms with van der Waals surface area (Å²) in [6, 6.07) is 1.98. The maximum absolute atomic E-state index is 5.19. The van der Waals surface area contributed by atoms with Crippen molar-refractivity contribution in [2.75, 3.05) is 7.11 Å². The average molecular weight is 163 g/mol. The normalized spacial score (nSPS) is 11.3. The molecule has 0 saturated heterocycles. The lowest BCUT2D eigenvalue weighted by atomic mass is 10.2. The van der Waals surface area contributed by atoms with Gasteiger partial charge in [-0.3, -0.25) is 0 Å². The van der Waals surface area contributed by atoms with Crippen LogP contribution in [-0.2, 0) is 4.74 Å². The van der Waals surface area contributed by atoms with E-state index in [1.807, 2.05) is 25.3 Å². The van der Waals surface area contributed by atoms with E-state index in [1.54, 1.807) is 13.2 Å². The number of ether oxygens (including phenoxy) is 1. The lowest BCUT2D eigenvalue weighted by Crippen LogP contribution is -1.87. The molecule has 0 saturated carbocycles. The Hall–Kier alpha value is -1.44. The molecule has 1 aromatic heterocycles. The van der Waals surface area contributed by atoms with Crippen molar-refractivity contribution in [3.05, 3.63) is 42.3 Å². The number of rotatable bonds is 3. The second-order valence-electron chi connectivity index (χ2n) is 2.49. The number of aryl methyl sites for hydroxylation is 1. The molecule has 0 bridgehead atoms. The Kier molecular flexibility index (Phi) is 2.75. The van der Waals surface area contributed by atoms with Crippen LogP contribution in [0.1, 0.15) is 11.3 Å². The summed E-state index contributed by atoms with van der Waals surface area (Å²) in [5.41, 5.74) is 2.18. The highest BCUT2D eigenvalue weighted by Gasteiger charge is 2.03. The van der Waals surface area contributed by atoms with Gasteiger partial charge >= 0.3 is 0 Å². The molecule has 0 amide bonds. The number of aromatic amines is 1. The van der Waals surface area contributed by atoms with Crippen LogP contribution in [-0.4, -0.2) is 12.1 Å². The third-order valence-electron chi connectivity index (χ3n) is 1.71. The van der Waals surface area contributed by atoms with Crippen LogP contribution in [0.4, 0.5) is 0 Å². The molecule has 0 spiro atoms. The van der Waals surface area contributed by atoms with Gasteiger partial charge in [0.15, 0.2) is 0 Å². The van der Waals surface area contributed by atoms with Gasteiger partial charge in [0.2, 0.25) is 0 Å². The van der Waals surface area contributed by atoms with Crippen molar-refractivity contribution >= 4 is 5.76 Å². The quantitative estimate of drug-likeness (QED) is 0.537. The van der Waals surface area contributed by atoms with E-state index in [0.717, 1.165) is 17.0 Å². The second kappa shape index (κ2) is 3.81. The molecule has 12 heavy (non-hydrogen) atoms. The number of hydrogen-bond acceptors (Lipinski definition) is 1. The summed E-state index contributed by atoms with van der Waals surface area (Å²) < 4.78 is 5.19. The van der Waals surface area contributed by atoms with E-state index in [2.05, 4.69) is 11.6 Å². The van der Waals surface area contributed by atoms with Gasteiger partial charge in [0.05, 0.1) is 7.11 Å². The molecule has 0 radical (unpaired) electrons. The van der Waals surface area contributed by atoms with Gasteiger partial charge in [0.25, 0.3) is 0 Å². The van der Waals surface area contributed by atoms with E-state index in [-0.39, 0.29) is 0 Å². The van der Waals surface area contributed by atoms with Crippen LogP contribution >= 0.6 is 0 Å². The minimum atomic E-state index is 0.837. The number of hydrogen-bond donors (Lipinski definition) is 1. The average Bonchev–Trinajstić information content (AvgIpc) is 2.47. The lowest BCUT2D eigenvalue weighted by molar-refractivity contribution is 0.370. The van der Waals surface area contributed by atoms with Gasteiger partial charge in [-0.25, -0.2) is 0 Å². The van der Waals surface area contributed by atoms with Crippen LogP contribution in [0.2, 0.25) is 0 Å². The topological polar surface area (TPSA) is 25.0 Å². The van der Waals surface area contributed by atoms with Gasteiger partial charge < -0.3 is 9.72 Å². The van der Waals surface area contributed by atoms with Crippen LogP contribution in [0.15, 0.2) is 31.0 Å². The standard InChI is InChI=1S/C10H13NO/c1-4-5-10(12-3)9-6-7-11-8(9)2/h4-7,11H,1H2,2-3H3/b10-5+. The maximum Gasteiger partial charge on any atom is 0.127 e. The van der Waals surface area contributed by atoms with Crippen molar-refractivity contribution < 1.29 is 4.74 Å². The third kappa shape index (κ3) is 1.59. The summed E-state index contributed by atoms with van der Waals surface area (Å²) in [5, 5.41) is 0. The van der Waals surface area contributed by atoms with E-state index < -0.39 is 0 Å². The van der Waals surface area contributed by atoms with Crippen molar-refractivity contribution in [3.63, 3.8) is 0 Å². The Bertz CT molecular complexity index is 297.